The molecule has 1 saturated carbocycles. The highest BCUT2D eigenvalue weighted by Gasteiger charge is 2.21. The van der Waals surface area contributed by atoms with Gasteiger partial charge in [-0.15, -0.1) is 0 Å². The fourth-order valence-corrected chi connectivity index (χ4v) is 2.72. The molecule has 0 aliphatic heterocycles. The van der Waals surface area contributed by atoms with Crippen molar-refractivity contribution in [1.29, 1.82) is 0 Å². The minimum absolute atomic E-state index is 0.0432. The number of rotatable bonds is 4. The second kappa shape index (κ2) is 6.75. The van der Waals surface area contributed by atoms with E-state index in [-0.39, 0.29) is 5.91 Å². The molecule has 1 aliphatic rings. The number of carbonyl (C=O) groups excluding carboxylic acids is 1. The first kappa shape index (κ1) is 14.9. The summed E-state index contributed by atoms with van der Waals surface area (Å²) in [7, 11) is 5.97. The molecule has 4 nitrogen and oxygen atoms in total. The van der Waals surface area contributed by atoms with E-state index < -0.39 is 0 Å². The summed E-state index contributed by atoms with van der Waals surface area (Å²) >= 11 is 0. The summed E-state index contributed by atoms with van der Waals surface area (Å²) in [4.78, 5) is 14.3. The molecule has 2 rings (SSSR count). The molecule has 0 heterocycles. The molecule has 4 heteroatoms. The Labute approximate surface area is 121 Å². The van der Waals surface area contributed by atoms with E-state index in [1.165, 1.54) is 0 Å². The molecule has 110 valence electrons. The van der Waals surface area contributed by atoms with E-state index in [2.05, 4.69) is 10.6 Å². The van der Waals surface area contributed by atoms with Crippen LogP contribution in [0.5, 0.6) is 0 Å². The fraction of sp³-hybridized carbons (Fsp3) is 0.562. The average Bonchev–Trinajstić information content (AvgIpc) is 2.48. The zero-order chi connectivity index (χ0) is 14.5. The molecular weight excluding hydrogens is 250 g/mol. The molecule has 1 fully saturated rings. The largest absolute Gasteiger partial charge is 0.378 e. The van der Waals surface area contributed by atoms with E-state index in [1.54, 1.807) is 0 Å². The molecule has 20 heavy (non-hydrogen) atoms. The lowest BCUT2D eigenvalue weighted by atomic mass is 9.91. The Kier molecular flexibility index (Phi) is 5.01. The Morgan fingerprint density at radius 2 is 1.80 bits per heavy atom. The van der Waals surface area contributed by atoms with E-state index in [1.807, 2.05) is 50.3 Å². The van der Waals surface area contributed by atoms with Crippen molar-refractivity contribution < 1.29 is 4.79 Å². The summed E-state index contributed by atoms with van der Waals surface area (Å²) in [5.74, 6) is 0.0432. The molecule has 0 spiro atoms. The lowest BCUT2D eigenvalue weighted by molar-refractivity contribution is 0.0924. The van der Waals surface area contributed by atoms with Crippen LogP contribution in [0, 0.1) is 0 Å². The molecule has 0 unspecified atom stereocenters. The van der Waals surface area contributed by atoms with Crippen molar-refractivity contribution in [2.24, 2.45) is 0 Å². The van der Waals surface area contributed by atoms with Gasteiger partial charge in [0.1, 0.15) is 0 Å². The minimum atomic E-state index is 0.0432. The highest BCUT2D eigenvalue weighted by molar-refractivity contribution is 5.95. The van der Waals surface area contributed by atoms with Gasteiger partial charge in [-0.2, -0.15) is 0 Å². The van der Waals surface area contributed by atoms with Gasteiger partial charge in [0.05, 0.1) is 0 Å². The van der Waals surface area contributed by atoms with Crippen LogP contribution in [-0.2, 0) is 0 Å². The first-order chi connectivity index (χ1) is 9.60. The second-order valence-corrected chi connectivity index (χ2v) is 5.76. The molecule has 1 aliphatic carbocycles. The SMILES string of the molecule is CNC1CCC(NC(=O)c2cccc(N(C)C)c2)CC1. The van der Waals surface area contributed by atoms with Crippen molar-refractivity contribution in [3.63, 3.8) is 0 Å². The summed E-state index contributed by atoms with van der Waals surface area (Å²) in [5.41, 5.74) is 1.79. The highest BCUT2D eigenvalue weighted by atomic mass is 16.1. The Bertz CT molecular complexity index is 451. The van der Waals surface area contributed by atoms with Crippen LogP contribution in [0.25, 0.3) is 0 Å². The molecular formula is C16H25N3O. The van der Waals surface area contributed by atoms with Crippen molar-refractivity contribution in [3.8, 4) is 0 Å². The number of nitrogens with one attached hydrogen (secondary N) is 2. The molecule has 1 aromatic carbocycles. The van der Waals surface area contributed by atoms with Crippen LogP contribution in [0.4, 0.5) is 5.69 Å². The monoisotopic (exact) mass is 275 g/mol. The number of benzene rings is 1. The molecule has 0 saturated heterocycles. The minimum Gasteiger partial charge on any atom is -0.378 e. The van der Waals surface area contributed by atoms with Crippen molar-refractivity contribution in [2.45, 2.75) is 37.8 Å². The number of hydrogen-bond donors (Lipinski definition) is 2. The zero-order valence-electron chi connectivity index (χ0n) is 12.6. The third kappa shape index (κ3) is 3.73. The van der Waals surface area contributed by atoms with E-state index in [9.17, 15) is 4.79 Å². The molecule has 0 bridgehead atoms. The first-order valence-corrected chi connectivity index (χ1v) is 7.35. The maximum Gasteiger partial charge on any atom is 0.251 e. The average molecular weight is 275 g/mol. The summed E-state index contributed by atoms with van der Waals surface area (Å²) in [6, 6.07) is 8.68. The van der Waals surface area contributed by atoms with Crippen molar-refractivity contribution in [2.75, 3.05) is 26.0 Å². The van der Waals surface area contributed by atoms with Crippen LogP contribution in [-0.4, -0.2) is 39.1 Å². The smallest absolute Gasteiger partial charge is 0.251 e. The van der Waals surface area contributed by atoms with Gasteiger partial charge in [-0.1, -0.05) is 6.07 Å². The molecule has 0 aromatic heterocycles. The number of hydrogen-bond acceptors (Lipinski definition) is 3. The maximum atomic E-state index is 12.3. The number of carbonyl (C=O) groups is 1. The normalized spacial score (nSPS) is 22.4. The van der Waals surface area contributed by atoms with Crippen LogP contribution in [0.2, 0.25) is 0 Å². The molecule has 0 radical (unpaired) electrons. The van der Waals surface area contributed by atoms with Crippen LogP contribution in [0.1, 0.15) is 36.0 Å². The quantitative estimate of drug-likeness (QED) is 0.883. The van der Waals surface area contributed by atoms with Crippen LogP contribution in [0.15, 0.2) is 24.3 Å². The zero-order valence-corrected chi connectivity index (χ0v) is 12.6. The second-order valence-electron chi connectivity index (χ2n) is 5.76. The third-order valence-electron chi connectivity index (χ3n) is 4.10. The van der Waals surface area contributed by atoms with Crippen LogP contribution >= 0.6 is 0 Å². The van der Waals surface area contributed by atoms with E-state index in [4.69, 9.17) is 0 Å². The summed E-state index contributed by atoms with van der Waals surface area (Å²) in [6.45, 7) is 0. The number of nitrogens with zero attached hydrogens (tertiary/aromatic N) is 1. The molecule has 1 aromatic rings. The Balaban J connectivity index is 1.93. The van der Waals surface area contributed by atoms with Crippen molar-refractivity contribution in [3.05, 3.63) is 29.8 Å². The predicted molar refractivity (Wildman–Crippen MR) is 83.3 cm³/mol. The van der Waals surface area contributed by atoms with Gasteiger partial charge in [-0.05, 0) is 50.9 Å². The van der Waals surface area contributed by atoms with Crippen LogP contribution < -0.4 is 15.5 Å². The van der Waals surface area contributed by atoms with Gasteiger partial charge in [0.15, 0.2) is 0 Å². The molecule has 2 N–H and O–H groups in total. The van der Waals surface area contributed by atoms with Crippen molar-refractivity contribution >= 4 is 11.6 Å². The van der Waals surface area contributed by atoms with E-state index in [0.29, 0.717) is 12.1 Å². The van der Waals surface area contributed by atoms with Crippen molar-refractivity contribution in [1.82, 2.24) is 10.6 Å². The Morgan fingerprint density at radius 3 is 2.40 bits per heavy atom. The van der Waals surface area contributed by atoms with E-state index >= 15 is 0 Å². The Hall–Kier alpha value is -1.55. The fourth-order valence-electron chi connectivity index (χ4n) is 2.72. The van der Waals surface area contributed by atoms with Gasteiger partial charge in [0.2, 0.25) is 0 Å². The van der Waals surface area contributed by atoms with Gasteiger partial charge in [0, 0.05) is 37.4 Å². The van der Waals surface area contributed by atoms with E-state index in [0.717, 1.165) is 36.9 Å². The predicted octanol–water partition coefficient (Wildman–Crippen LogP) is 2.01. The summed E-state index contributed by atoms with van der Waals surface area (Å²) < 4.78 is 0. The van der Waals surface area contributed by atoms with Gasteiger partial charge in [-0.3, -0.25) is 4.79 Å². The van der Waals surface area contributed by atoms with Crippen LogP contribution in [0.3, 0.4) is 0 Å². The molecule has 0 atom stereocenters. The maximum absolute atomic E-state index is 12.3. The first-order valence-electron chi connectivity index (χ1n) is 7.35. The lowest BCUT2D eigenvalue weighted by Crippen LogP contribution is -2.41. The topological polar surface area (TPSA) is 44.4 Å². The summed E-state index contributed by atoms with van der Waals surface area (Å²) in [5, 5.41) is 6.47. The lowest BCUT2D eigenvalue weighted by Gasteiger charge is -2.28. The van der Waals surface area contributed by atoms with Gasteiger partial charge < -0.3 is 15.5 Å². The Morgan fingerprint density at radius 1 is 1.15 bits per heavy atom. The van der Waals surface area contributed by atoms with Gasteiger partial charge in [0.25, 0.3) is 5.91 Å². The standard InChI is InChI=1S/C16H25N3O/c1-17-13-7-9-14(10-8-13)18-16(20)12-5-4-6-15(11-12)19(2)3/h4-6,11,13-14,17H,7-10H2,1-3H3,(H,18,20). The number of amides is 1. The van der Waals surface area contributed by atoms with Gasteiger partial charge >= 0.3 is 0 Å². The highest BCUT2D eigenvalue weighted by Crippen LogP contribution is 2.19. The summed E-state index contributed by atoms with van der Waals surface area (Å²) in [6.07, 6.45) is 4.40. The third-order valence-corrected chi connectivity index (χ3v) is 4.10. The number of anilines is 1. The van der Waals surface area contributed by atoms with Gasteiger partial charge in [-0.25, -0.2) is 0 Å². The molecule has 1 amide bonds.